The smallest absolute Gasteiger partial charge is 0.410 e. The normalized spacial score (nSPS) is 15.4. The van der Waals surface area contributed by atoms with Gasteiger partial charge in [-0.05, 0) is 82.7 Å². The van der Waals surface area contributed by atoms with Gasteiger partial charge in [0.1, 0.15) is 28.7 Å². The van der Waals surface area contributed by atoms with Crippen LogP contribution in [0.3, 0.4) is 0 Å². The number of piperazine rings is 1. The van der Waals surface area contributed by atoms with Crippen LogP contribution in [0.15, 0.2) is 41.3 Å². The standard InChI is InChI=1S/C35H42F2N6O5/c1-20(2)29-26(16-22(18-38-29)10-7-8-15-44)43-32-23(17-25(37)30(39-32)28-24(36)11-9-12-27(28)45)31(40-33(43)46)42-14-13-41(19-21(42)3)34(47)48-35(4,5)6/h9,11-12,16-18,20-21,44-45H,7-8,10,13-15,19H2,1-6H3/t21-/m0/s1. The molecule has 0 aliphatic carbocycles. The highest BCUT2D eigenvalue weighted by molar-refractivity contribution is 5.91. The van der Waals surface area contributed by atoms with Crippen LogP contribution in [0, 0.1) is 11.6 Å². The van der Waals surface area contributed by atoms with Crippen LogP contribution >= 0.6 is 0 Å². The highest BCUT2D eigenvalue weighted by atomic mass is 19.1. The molecule has 0 radical (unpaired) electrons. The summed E-state index contributed by atoms with van der Waals surface area (Å²) in [5, 5.41) is 20.0. The lowest BCUT2D eigenvalue weighted by atomic mass is 10.0. The lowest BCUT2D eigenvalue weighted by Gasteiger charge is -2.41. The van der Waals surface area contributed by atoms with Gasteiger partial charge in [0.15, 0.2) is 11.5 Å². The zero-order chi connectivity index (χ0) is 34.9. The monoisotopic (exact) mass is 664 g/mol. The highest BCUT2D eigenvalue weighted by Crippen LogP contribution is 2.36. The van der Waals surface area contributed by atoms with E-state index in [1.54, 1.807) is 31.9 Å². The summed E-state index contributed by atoms with van der Waals surface area (Å²) < 4.78 is 37.9. The Morgan fingerprint density at radius 3 is 2.50 bits per heavy atom. The number of hydrogen-bond acceptors (Lipinski definition) is 9. The third kappa shape index (κ3) is 7.10. The molecule has 1 aliphatic rings. The van der Waals surface area contributed by atoms with Gasteiger partial charge in [-0.2, -0.15) is 4.98 Å². The summed E-state index contributed by atoms with van der Waals surface area (Å²) in [6.07, 6.45) is 3.14. The first-order valence-corrected chi connectivity index (χ1v) is 16.2. The molecule has 0 bridgehead atoms. The van der Waals surface area contributed by atoms with E-state index in [2.05, 4.69) is 15.0 Å². The Bertz CT molecular complexity index is 1870. The van der Waals surface area contributed by atoms with Gasteiger partial charge >= 0.3 is 11.8 Å². The van der Waals surface area contributed by atoms with E-state index in [0.29, 0.717) is 30.6 Å². The van der Waals surface area contributed by atoms with Crippen LogP contribution in [-0.4, -0.2) is 78.6 Å². The Morgan fingerprint density at radius 1 is 1.10 bits per heavy atom. The van der Waals surface area contributed by atoms with E-state index in [-0.39, 0.29) is 55.1 Å². The predicted octanol–water partition coefficient (Wildman–Crippen LogP) is 5.71. The van der Waals surface area contributed by atoms with Crippen LogP contribution < -0.4 is 10.6 Å². The number of pyridine rings is 2. The Kier molecular flexibility index (Phi) is 9.99. The number of ether oxygens (including phenoxy) is 1. The Hall–Kier alpha value is -4.65. The van der Waals surface area contributed by atoms with Crippen molar-refractivity contribution in [1.29, 1.82) is 0 Å². The summed E-state index contributed by atoms with van der Waals surface area (Å²) in [4.78, 5) is 44.1. The number of carbonyl (C=O) groups is 1. The second-order valence-electron chi connectivity index (χ2n) is 13.4. The molecule has 1 amide bonds. The summed E-state index contributed by atoms with van der Waals surface area (Å²) in [6, 6.07) is 6.24. The van der Waals surface area contributed by atoms with Crippen molar-refractivity contribution in [2.75, 3.05) is 31.1 Å². The van der Waals surface area contributed by atoms with Gasteiger partial charge in [-0.15, -0.1) is 0 Å². The van der Waals surface area contributed by atoms with E-state index in [1.165, 1.54) is 16.7 Å². The fraction of sp³-hybridized carbons (Fsp3) is 0.457. The van der Waals surface area contributed by atoms with Gasteiger partial charge in [-0.1, -0.05) is 19.9 Å². The third-order valence-corrected chi connectivity index (χ3v) is 8.20. The number of benzene rings is 1. The molecule has 1 fully saturated rings. The van der Waals surface area contributed by atoms with Crippen LogP contribution in [0.5, 0.6) is 5.75 Å². The van der Waals surface area contributed by atoms with Gasteiger partial charge < -0.3 is 24.7 Å². The first-order chi connectivity index (χ1) is 22.7. The van der Waals surface area contributed by atoms with Gasteiger partial charge in [0.2, 0.25) is 0 Å². The molecule has 0 unspecified atom stereocenters. The molecule has 48 heavy (non-hydrogen) atoms. The minimum Gasteiger partial charge on any atom is -0.507 e. The van der Waals surface area contributed by atoms with Crippen molar-refractivity contribution in [1.82, 2.24) is 24.4 Å². The number of rotatable bonds is 8. The highest BCUT2D eigenvalue weighted by Gasteiger charge is 2.33. The van der Waals surface area contributed by atoms with E-state index in [0.717, 1.165) is 17.7 Å². The Morgan fingerprint density at radius 2 is 1.85 bits per heavy atom. The number of anilines is 1. The van der Waals surface area contributed by atoms with Gasteiger partial charge in [0.05, 0.1) is 22.3 Å². The molecule has 2 N–H and O–H groups in total. The van der Waals surface area contributed by atoms with E-state index < -0.39 is 46.0 Å². The average Bonchev–Trinajstić information content (AvgIpc) is 3.00. The van der Waals surface area contributed by atoms with E-state index in [9.17, 15) is 19.8 Å². The number of carbonyl (C=O) groups excluding carboxylic acids is 1. The van der Waals surface area contributed by atoms with Crippen molar-refractivity contribution in [3.05, 3.63) is 69.9 Å². The molecule has 0 saturated carbocycles. The number of amides is 1. The van der Waals surface area contributed by atoms with E-state index >= 15 is 8.78 Å². The molecule has 1 saturated heterocycles. The number of aromatic hydroxyl groups is 1. The van der Waals surface area contributed by atoms with Crippen LogP contribution in [0.1, 0.15) is 71.6 Å². The molecule has 5 rings (SSSR count). The molecule has 3 aromatic heterocycles. The molecule has 1 aliphatic heterocycles. The lowest BCUT2D eigenvalue weighted by molar-refractivity contribution is 0.0218. The molecule has 256 valence electrons. The predicted molar refractivity (Wildman–Crippen MR) is 179 cm³/mol. The summed E-state index contributed by atoms with van der Waals surface area (Å²) >= 11 is 0. The minimum absolute atomic E-state index is 0.00188. The van der Waals surface area contributed by atoms with Crippen LogP contribution in [0.25, 0.3) is 28.0 Å². The number of halogens is 2. The number of aliphatic hydroxyl groups is 1. The topological polar surface area (TPSA) is 134 Å². The van der Waals surface area contributed by atoms with Gasteiger partial charge in [0.25, 0.3) is 0 Å². The van der Waals surface area contributed by atoms with Gasteiger partial charge in [0, 0.05) is 38.5 Å². The Labute approximate surface area is 277 Å². The van der Waals surface area contributed by atoms with E-state index in [1.807, 2.05) is 31.7 Å². The molecule has 0 spiro atoms. The van der Waals surface area contributed by atoms with Crippen LogP contribution in [0.2, 0.25) is 0 Å². The SMILES string of the molecule is CC(C)c1ncc(CCCCO)cc1-n1c(=O)nc(N2CCN(C(=O)OC(C)(C)C)C[C@@H]2C)c2cc(F)c(-c3c(O)cccc3F)nc21. The van der Waals surface area contributed by atoms with Crippen molar-refractivity contribution < 1.29 is 28.5 Å². The molecule has 11 nitrogen and oxygen atoms in total. The lowest BCUT2D eigenvalue weighted by Crippen LogP contribution is -2.55. The number of phenolic OH excluding ortho intramolecular Hbond substituents is 1. The van der Waals surface area contributed by atoms with Crippen LogP contribution in [-0.2, 0) is 11.2 Å². The third-order valence-electron chi connectivity index (χ3n) is 8.20. The fourth-order valence-electron chi connectivity index (χ4n) is 5.94. The van der Waals surface area contributed by atoms with Crippen molar-refractivity contribution in [3.63, 3.8) is 0 Å². The summed E-state index contributed by atoms with van der Waals surface area (Å²) in [6.45, 7) is 11.9. The maximum Gasteiger partial charge on any atom is 0.410 e. The number of nitrogens with zero attached hydrogens (tertiary/aromatic N) is 6. The van der Waals surface area contributed by atoms with Crippen molar-refractivity contribution in [2.24, 2.45) is 0 Å². The number of aliphatic hydroxyl groups excluding tert-OH is 1. The summed E-state index contributed by atoms with van der Waals surface area (Å²) in [7, 11) is 0. The molecule has 1 atom stereocenters. The zero-order valence-corrected chi connectivity index (χ0v) is 28.1. The number of aromatic nitrogens is 4. The summed E-state index contributed by atoms with van der Waals surface area (Å²) in [5.74, 6) is -2.28. The fourth-order valence-corrected chi connectivity index (χ4v) is 5.94. The van der Waals surface area contributed by atoms with E-state index in [4.69, 9.17) is 4.74 Å². The largest absolute Gasteiger partial charge is 0.507 e. The molecule has 4 aromatic rings. The molecule has 13 heteroatoms. The van der Waals surface area contributed by atoms with Crippen molar-refractivity contribution >= 4 is 22.9 Å². The number of aryl methyl sites for hydroxylation is 1. The van der Waals surface area contributed by atoms with Crippen molar-refractivity contribution in [3.8, 4) is 22.7 Å². The molecular formula is C35H42F2N6O5. The average molecular weight is 665 g/mol. The first-order valence-electron chi connectivity index (χ1n) is 16.2. The zero-order valence-electron chi connectivity index (χ0n) is 28.1. The second kappa shape index (κ2) is 13.8. The second-order valence-corrected chi connectivity index (χ2v) is 13.4. The minimum atomic E-state index is -0.920. The van der Waals surface area contributed by atoms with Crippen LogP contribution in [0.4, 0.5) is 19.4 Å². The number of fused-ring (bicyclic) bond motifs is 1. The molecular weight excluding hydrogens is 622 g/mol. The maximum absolute atomic E-state index is 16.0. The Balaban J connectivity index is 1.73. The quantitative estimate of drug-likeness (QED) is 0.227. The maximum atomic E-state index is 16.0. The van der Waals surface area contributed by atoms with Gasteiger partial charge in [-0.25, -0.2) is 27.9 Å². The molecule has 4 heterocycles. The number of hydrogen-bond donors (Lipinski definition) is 2. The first kappa shape index (κ1) is 34.7. The summed E-state index contributed by atoms with van der Waals surface area (Å²) in [5.41, 5.74) is -0.510. The van der Waals surface area contributed by atoms with Crippen molar-refractivity contribution in [2.45, 2.75) is 78.4 Å². The number of unbranched alkanes of at least 4 members (excludes halogenated alkanes) is 1. The van der Waals surface area contributed by atoms with Gasteiger partial charge in [-0.3, -0.25) is 4.98 Å². The molecule has 1 aromatic carbocycles. The number of phenols is 1.